The van der Waals surface area contributed by atoms with Gasteiger partial charge in [0.1, 0.15) is 6.04 Å². The second-order valence-electron chi connectivity index (χ2n) is 10.5. The van der Waals surface area contributed by atoms with E-state index in [1.54, 1.807) is 29.2 Å². The van der Waals surface area contributed by atoms with E-state index in [1.165, 1.54) is 0 Å². The molecule has 1 aliphatic carbocycles. The van der Waals surface area contributed by atoms with Gasteiger partial charge < -0.3 is 21.1 Å². The number of nitrogens with one attached hydrogen (secondary N) is 2. The number of carbonyl (C=O) groups excluding carboxylic acids is 2. The third-order valence-corrected chi connectivity index (χ3v) is 8.33. The van der Waals surface area contributed by atoms with Crippen molar-refractivity contribution in [3.05, 3.63) is 69.7 Å². The van der Waals surface area contributed by atoms with Crippen LogP contribution in [0.15, 0.2) is 48.5 Å². The molecule has 1 heterocycles. The Bertz CT molecular complexity index is 1090. The second kappa shape index (κ2) is 13.6. The maximum Gasteiger partial charge on any atom is 0.317 e. The minimum atomic E-state index is -1.08. The zero-order valence-electron chi connectivity index (χ0n) is 21.8. The first-order valence-corrected chi connectivity index (χ1v) is 14.3. The predicted molar refractivity (Wildman–Crippen MR) is 152 cm³/mol. The molecule has 0 unspecified atom stereocenters. The molecule has 2 atom stereocenters. The molecule has 39 heavy (non-hydrogen) atoms. The number of nitrogens with zero attached hydrogens (tertiary/aromatic N) is 1. The van der Waals surface area contributed by atoms with E-state index >= 15 is 0 Å². The summed E-state index contributed by atoms with van der Waals surface area (Å²) < 4.78 is 0. The summed E-state index contributed by atoms with van der Waals surface area (Å²) in [6.07, 6.45) is 5.15. The number of nitrogens with two attached hydrogens (primary N) is 1. The van der Waals surface area contributed by atoms with Gasteiger partial charge in [0, 0.05) is 35.1 Å². The summed E-state index contributed by atoms with van der Waals surface area (Å²) in [7, 11) is 0. The van der Waals surface area contributed by atoms with E-state index in [-0.39, 0.29) is 17.9 Å². The van der Waals surface area contributed by atoms with Gasteiger partial charge in [0.05, 0.1) is 12.6 Å². The van der Waals surface area contributed by atoms with Crippen LogP contribution in [0.1, 0.15) is 55.6 Å². The van der Waals surface area contributed by atoms with Gasteiger partial charge in [0.15, 0.2) is 0 Å². The lowest BCUT2D eigenvalue weighted by Crippen LogP contribution is -2.55. The zero-order chi connectivity index (χ0) is 27.9. The SMILES string of the molecule is NC1CCC(CNC(=O)[C@@H]2CCCN2C(=O)[C@H](NCC(=O)O)C(c2ccc(Cl)cc2)c2ccc(Cl)cc2)CC1. The molecule has 2 aromatic rings. The highest BCUT2D eigenvalue weighted by Gasteiger charge is 2.41. The van der Waals surface area contributed by atoms with Crippen LogP contribution >= 0.6 is 23.2 Å². The molecule has 2 aliphatic rings. The minimum Gasteiger partial charge on any atom is -0.480 e. The Kier molecular flexibility index (Phi) is 10.2. The molecule has 2 fully saturated rings. The van der Waals surface area contributed by atoms with E-state index in [1.807, 2.05) is 24.3 Å². The van der Waals surface area contributed by atoms with Crippen LogP contribution in [0.4, 0.5) is 0 Å². The number of benzene rings is 2. The van der Waals surface area contributed by atoms with Gasteiger partial charge in [-0.2, -0.15) is 0 Å². The third-order valence-electron chi connectivity index (χ3n) is 7.83. The zero-order valence-corrected chi connectivity index (χ0v) is 23.3. The molecule has 8 nitrogen and oxygen atoms in total. The molecule has 0 spiro atoms. The lowest BCUT2D eigenvalue weighted by Gasteiger charge is -2.34. The summed E-state index contributed by atoms with van der Waals surface area (Å²) in [5, 5.41) is 16.6. The Morgan fingerprint density at radius 3 is 2.03 bits per heavy atom. The fourth-order valence-corrected chi connectivity index (χ4v) is 5.95. The Morgan fingerprint density at radius 1 is 0.923 bits per heavy atom. The highest BCUT2D eigenvalue weighted by atomic mass is 35.5. The van der Waals surface area contributed by atoms with E-state index in [2.05, 4.69) is 10.6 Å². The lowest BCUT2D eigenvalue weighted by molar-refractivity contribution is -0.141. The minimum absolute atomic E-state index is 0.165. The van der Waals surface area contributed by atoms with E-state index in [0.29, 0.717) is 41.9 Å². The number of carboxylic acids is 1. The van der Waals surface area contributed by atoms with Crippen molar-refractivity contribution in [1.82, 2.24) is 15.5 Å². The Labute approximate surface area is 239 Å². The molecule has 0 radical (unpaired) electrons. The van der Waals surface area contributed by atoms with E-state index < -0.39 is 30.5 Å². The fraction of sp³-hybridized carbons (Fsp3) is 0.483. The van der Waals surface area contributed by atoms with Gasteiger partial charge in [-0.15, -0.1) is 0 Å². The number of carboxylic acid groups (broad SMARTS) is 1. The first-order valence-electron chi connectivity index (χ1n) is 13.5. The first kappa shape index (κ1) is 29.3. The number of carbonyl (C=O) groups is 3. The van der Waals surface area contributed by atoms with Crippen LogP contribution in [-0.2, 0) is 14.4 Å². The second-order valence-corrected chi connectivity index (χ2v) is 11.4. The molecule has 1 aliphatic heterocycles. The number of halogens is 2. The van der Waals surface area contributed by atoms with Crippen LogP contribution in [0.3, 0.4) is 0 Å². The normalized spacial score (nSPS) is 22.1. The summed E-state index contributed by atoms with van der Waals surface area (Å²) in [6.45, 7) is 0.583. The molecule has 2 amide bonds. The van der Waals surface area contributed by atoms with E-state index in [9.17, 15) is 19.5 Å². The number of amides is 2. The van der Waals surface area contributed by atoms with Crippen LogP contribution in [0.25, 0.3) is 0 Å². The molecule has 0 aromatic heterocycles. The average Bonchev–Trinajstić information content (AvgIpc) is 3.42. The largest absolute Gasteiger partial charge is 0.480 e. The number of hydrogen-bond donors (Lipinski definition) is 4. The number of rotatable bonds is 10. The molecular weight excluding hydrogens is 539 g/mol. The summed E-state index contributed by atoms with van der Waals surface area (Å²) in [5.74, 6) is -1.71. The van der Waals surface area contributed by atoms with Gasteiger partial charge in [-0.1, -0.05) is 47.5 Å². The Morgan fingerprint density at radius 2 is 1.49 bits per heavy atom. The monoisotopic (exact) mass is 574 g/mol. The first-order chi connectivity index (χ1) is 18.7. The van der Waals surface area contributed by atoms with Crippen molar-refractivity contribution in [2.45, 2.75) is 62.6 Å². The number of aliphatic carboxylic acids is 1. The Balaban J connectivity index is 1.58. The molecule has 1 saturated carbocycles. The van der Waals surface area contributed by atoms with Crippen molar-refractivity contribution in [3.63, 3.8) is 0 Å². The third kappa shape index (κ3) is 7.72. The molecule has 2 aromatic carbocycles. The smallest absolute Gasteiger partial charge is 0.317 e. The van der Waals surface area contributed by atoms with Crippen molar-refractivity contribution in [2.24, 2.45) is 11.7 Å². The highest BCUT2D eigenvalue weighted by Crippen LogP contribution is 2.33. The predicted octanol–water partition coefficient (Wildman–Crippen LogP) is 3.79. The van der Waals surface area contributed by atoms with Gasteiger partial charge >= 0.3 is 5.97 Å². The summed E-state index contributed by atoms with van der Waals surface area (Å²) in [6, 6.07) is 13.0. The number of hydrogen-bond acceptors (Lipinski definition) is 5. The van der Waals surface area contributed by atoms with Crippen LogP contribution < -0.4 is 16.4 Å². The van der Waals surface area contributed by atoms with Crippen molar-refractivity contribution >= 4 is 41.0 Å². The van der Waals surface area contributed by atoms with Crippen molar-refractivity contribution in [3.8, 4) is 0 Å². The summed E-state index contributed by atoms with van der Waals surface area (Å²) in [5.41, 5.74) is 7.58. The molecular formula is C29H36Cl2N4O4. The Hall–Kier alpha value is -2.65. The molecule has 0 bridgehead atoms. The van der Waals surface area contributed by atoms with Gasteiger partial charge in [-0.3, -0.25) is 19.7 Å². The standard InChI is InChI=1S/C29H36Cl2N4O4/c30-21-9-5-19(6-10-21)26(20-7-11-22(31)12-8-20)27(33-17-25(36)37)29(39)35-15-1-2-24(35)28(38)34-16-18-3-13-23(32)14-4-18/h5-12,18,23-24,26-27,33H,1-4,13-17,32H2,(H,34,38)(H,36,37)/t18?,23?,24-,27+/m0/s1. The molecule has 5 N–H and O–H groups in total. The topological polar surface area (TPSA) is 125 Å². The van der Waals surface area contributed by atoms with Crippen LogP contribution in [-0.4, -0.2) is 65.5 Å². The lowest BCUT2D eigenvalue weighted by atomic mass is 9.84. The van der Waals surface area contributed by atoms with Gasteiger partial charge in [0.2, 0.25) is 11.8 Å². The van der Waals surface area contributed by atoms with Gasteiger partial charge in [-0.25, -0.2) is 0 Å². The summed E-state index contributed by atoms with van der Waals surface area (Å²) in [4.78, 5) is 40.6. The van der Waals surface area contributed by atoms with Crippen LogP contribution in [0.2, 0.25) is 10.0 Å². The van der Waals surface area contributed by atoms with Crippen molar-refractivity contribution in [2.75, 3.05) is 19.6 Å². The maximum absolute atomic E-state index is 14.2. The molecule has 210 valence electrons. The molecule has 1 saturated heterocycles. The quantitative estimate of drug-likeness (QED) is 0.342. The van der Waals surface area contributed by atoms with Crippen LogP contribution in [0, 0.1) is 5.92 Å². The number of likely N-dealkylation sites (tertiary alicyclic amines) is 1. The van der Waals surface area contributed by atoms with E-state index in [4.69, 9.17) is 28.9 Å². The average molecular weight is 576 g/mol. The molecule has 10 heteroatoms. The molecule has 4 rings (SSSR count). The van der Waals surface area contributed by atoms with Crippen molar-refractivity contribution < 1.29 is 19.5 Å². The van der Waals surface area contributed by atoms with Crippen LogP contribution in [0.5, 0.6) is 0 Å². The van der Waals surface area contributed by atoms with E-state index in [0.717, 1.165) is 36.8 Å². The summed E-state index contributed by atoms with van der Waals surface area (Å²) >= 11 is 12.3. The fourth-order valence-electron chi connectivity index (χ4n) is 5.70. The highest BCUT2D eigenvalue weighted by molar-refractivity contribution is 6.30. The van der Waals surface area contributed by atoms with Crippen molar-refractivity contribution in [1.29, 1.82) is 0 Å². The van der Waals surface area contributed by atoms with Gasteiger partial charge in [0.25, 0.3) is 0 Å². The maximum atomic E-state index is 14.2. The van der Waals surface area contributed by atoms with Gasteiger partial charge in [-0.05, 0) is 79.8 Å².